The van der Waals surface area contributed by atoms with Crippen LogP contribution in [0.4, 0.5) is 20.3 Å². The lowest BCUT2D eigenvalue weighted by atomic mass is 9.81. The van der Waals surface area contributed by atoms with Crippen molar-refractivity contribution in [3.63, 3.8) is 0 Å². The van der Waals surface area contributed by atoms with Crippen molar-refractivity contribution >= 4 is 11.5 Å². The maximum Gasteiger partial charge on any atom is 0.236 e. The van der Waals surface area contributed by atoms with E-state index in [1.807, 2.05) is 0 Å². The molecule has 10 heteroatoms. The highest BCUT2D eigenvalue weighted by molar-refractivity contribution is 5.69. The third-order valence-electron chi connectivity index (χ3n) is 7.13. The molecule has 1 aliphatic carbocycles. The predicted octanol–water partition coefficient (Wildman–Crippen LogP) is 4.11. The maximum absolute atomic E-state index is 14.7. The monoisotopic (exact) mass is 500 g/mol. The zero-order valence-electron chi connectivity index (χ0n) is 20.7. The van der Waals surface area contributed by atoms with Crippen molar-refractivity contribution in [1.29, 1.82) is 5.26 Å². The van der Waals surface area contributed by atoms with Crippen LogP contribution < -0.4 is 16.0 Å². The van der Waals surface area contributed by atoms with Crippen molar-refractivity contribution in [2.24, 2.45) is 5.41 Å². The quantitative estimate of drug-likeness (QED) is 0.331. The molecular weight excluding hydrogens is 466 g/mol. The van der Waals surface area contributed by atoms with Crippen molar-refractivity contribution in [1.82, 2.24) is 15.3 Å². The zero-order chi connectivity index (χ0) is 25.4. The van der Waals surface area contributed by atoms with Gasteiger partial charge in [0.05, 0.1) is 30.0 Å². The van der Waals surface area contributed by atoms with E-state index in [1.165, 1.54) is 18.5 Å². The summed E-state index contributed by atoms with van der Waals surface area (Å²) in [4.78, 5) is 8.05. The number of nitrogens with zero attached hydrogens (tertiary/aromatic N) is 3. The zero-order valence-corrected chi connectivity index (χ0v) is 20.7. The molecule has 1 saturated heterocycles. The molecule has 1 saturated carbocycles. The van der Waals surface area contributed by atoms with Gasteiger partial charge in [0.25, 0.3) is 0 Å². The first-order valence-corrected chi connectivity index (χ1v) is 12.5. The molecule has 8 nitrogen and oxygen atoms in total. The number of aromatic nitrogens is 2. The Labute approximate surface area is 210 Å². The summed E-state index contributed by atoms with van der Waals surface area (Å²) in [5, 5.41) is 19.6. The van der Waals surface area contributed by atoms with Crippen LogP contribution >= 0.6 is 0 Å². The topological polar surface area (TPSA) is 104 Å². The first kappa shape index (κ1) is 26.2. The number of hydrogen-bond acceptors (Lipinski definition) is 8. The Hall–Kier alpha value is -2.87. The number of hydrogen-bond donors (Lipinski definition) is 3. The Bertz CT molecular complexity index is 1050. The summed E-state index contributed by atoms with van der Waals surface area (Å²) in [6.45, 7) is 2.81. The summed E-state index contributed by atoms with van der Waals surface area (Å²) in [6, 6.07) is 6.26. The van der Waals surface area contributed by atoms with Gasteiger partial charge in [0.1, 0.15) is 11.6 Å². The Morgan fingerprint density at radius 1 is 1.11 bits per heavy atom. The van der Waals surface area contributed by atoms with Crippen molar-refractivity contribution in [2.45, 2.75) is 50.6 Å². The molecule has 2 aromatic rings. The molecule has 0 atom stereocenters. The lowest BCUT2D eigenvalue weighted by molar-refractivity contribution is 0.0456. The van der Waals surface area contributed by atoms with Gasteiger partial charge in [-0.15, -0.1) is 0 Å². The minimum atomic E-state index is -0.692. The number of halogens is 2. The second-order valence-corrected chi connectivity index (χ2v) is 9.61. The van der Waals surface area contributed by atoms with Crippen LogP contribution in [-0.2, 0) is 9.47 Å². The van der Waals surface area contributed by atoms with Crippen LogP contribution in [0, 0.1) is 28.5 Å². The molecule has 4 rings (SSSR count). The van der Waals surface area contributed by atoms with Gasteiger partial charge in [0.15, 0.2) is 0 Å². The molecule has 0 bridgehead atoms. The first-order chi connectivity index (χ1) is 17.5. The average Bonchev–Trinajstić information content (AvgIpc) is 2.91. The number of methoxy groups -OCH3 is 1. The van der Waals surface area contributed by atoms with Gasteiger partial charge in [-0.3, -0.25) is 0 Å². The van der Waals surface area contributed by atoms with E-state index in [2.05, 4.69) is 32.0 Å². The summed E-state index contributed by atoms with van der Waals surface area (Å²) < 4.78 is 39.7. The highest BCUT2D eigenvalue weighted by atomic mass is 19.1. The van der Waals surface area contributed by atoms with E-state index in [4.69, 9.17) is 9.47 Å². The Kier molecular flexibility index (Phi) is 9.02. The molecule has 0 unspecified atom stereocenters. The molecule has 194 valence electrons. The van der Waals surface area contributed by atoms with E-state index in [0.29, 0.717) is 55.6 Å². The van der Waals surface area contributed by atoms with Gasteiger partial charge >= 0.3 is 0 Å². The van der Waals surface area contributed by atoms with E-state index in [-0.39, 0.29) is 18.3 Å². The number of nitriles is 1. The molecule has 3 N–H and O–H groups in total. The van der Waals surface area contributed by atoms with Crippen molar-refractivity contribution in [2.75, 3.05) is 50.7 Å². The smallest absolute Gasteiger partial charge is 0.236 e. The standard InChI is InChI=1S/C26H34F2N6O2/c1-35-11-8-30-19-2-4-20(5-3-19)34-24-13-21(22(27)15-31-24)18-12-23(25(28)32-14-18)33-17-26(16-29)6-9-36-10-7-26/h12-15,19-20,30,33H,2-11,17H2,1H3,(H,31,34)/t19-,20-. The number of anilines is 2. The fourth-order valence-corrected chi connectivity index (χ4v) is 4.83. The molecule has 1 aliphatic heterocycles. The molecular formula is C26H34F2N6O2. The average molecular weight is 501 g/mol. The molecule has 3 heterocycles. The molecule has 36 heavy (non-hydrogen) atoms. The number of ether oxygens (including phenoxy) is 2. The van der Waals surface area contributed by atoms with Crippen LogP contribution in [0.1, 0.15) is 38.5 Å². The third-order valence-corrected chi connectivity index (χ3v) is 7.13. The Balaban J connectivity index is 1.41. The van der Waals surface area contributed by atoms with Crippen LogP contribution in [0.5, 0.6) is 0 Å². The second kappa shape index (κ2) is 12.4. The van der Waals surface area contributed by atoms with Crippen LogP contribution in [0.3, 0.4) is 0 Å². The van der Waals surface area contributed by atoms with Gasteiger partial charge in [0, 0.05) is 62.8 Å². The second-order valence-electron chi connectivity index (χ2n) is 9.61. The lowest BCUT2D eigenvalue weighted by Gasteiger charge is -2.31. The lowest BCUT2D eigenvalue weighted by Crippen LogP contribution is -2.38. The molecule has 0 amide bonds. The predicted molar refractivity (Wildman–Crippen MR) is 134 cm³/mol. The van der Waals surface area contributed by atoms with Crippen LogP contribution in [0.25, 0.3) is 11.1 Å². The summed E-state index contributed by atoms with van der Waals surface area (Å²) in [6.07, 6.45) is 7.70. The van der Waals surface area contributed by atoms with Gasteiger partial charge < -0.3 is 25.4 Å². The van der Waals surface area contributed by atoms with Crippen LogP contribution in [0.15, 0.2) is 24.5 Å². The number of pyridine rings is 2. The molecule has 2 aromatic heterocycles. The number of nitrogens with one attached hydrogen (secondary N) is 3. The molecule has 2 fully saturated rings. The SMILES string of the molecule is COCCN[C@H]1CC[C@H](Nc2cc(-c3cnc(F)c(NCC4(C#N)CCOCC4)c3)c(F)cn2)CC1. The van der Waals surface area contributed by atoms with Gasteiger partial charge in [-0.25, -0.2) is 14.4 Å². The van der Waals surface area contributed by atoms with E-state index in [9.17, 15) is 14.0 Å². The van der Waals surface area contributed by atoms with Crippen molar-refractivity contribution in [3.05, 3.63) is 36.3 Å². The highest BCUT2D eigenvalue weighted by Gasteiger charge is 2.33. The molecule has 0 radical (unpaired) electrons. The van der Waals surface area contributed by atoms with Gasteiger partial charge in [-0.1, -0.05) is 0 Å². The Morgan fingerprint density at radius 3 is 2.58 bits per heavy atom. The summed E-state index contributed by atoms with van der Waals surface area (Å²) in [5.41, 5.74) is 0.237. The van der Waals surface area contributed by atoms with Gasteiger partial charge in [-0.2, -0.15) is 9.65 Å². The van der Waals surface area contributed by atoms with E-state index < -0.39 is 17.2 Å². The largest absolute Gasteiger partial charge is 0.383 e. The minimum absolute atomic E-state index is 0.138. The third kappa shape index (κ3) is 6.66. The van der Waals surface area contributed by atoms with E-state index in [1.54, 1.807) is 13.2 Å². The Morgan fingerprint density at radius 2 is 1.86 bits per heavy atom. The van der Waals surface area contributed by atoms with Gasteiger partial charge in [0.2, 0.25) is 5.95 Å². The van der Waals surface area contributed by atoms with E-state index >= 15 is 0 Å². The molecule has 0 spiro atoms. The molecule has 2 aliphatic rings. The highest BCUT2D eigenvalue weighted by Crippen LogP contribution is 2.32. The fraction of sp³-hybridized carbons (Fsp3) is 0.577. The summed E-state index contributed by atoms with van der Waals surface area (Å²) in [5.74, 6) is -0.627. The van der Waals surface area contributed by atoms with Crippen LogP contribution in [-0.4, -0.2) is 62.1 Å². The first-order valence-electron chi connectivity index (χ1n) is 12.5. The normalized spacial score (nSPS) is 21.5. The minimum Gasteiger partial charge on any atom is -0.383 e. The summed E-state index contributed by atoms with van der Waals surface area (Å²) >= 11 is 0. The maximum atomic E-state index is 14.7. The number of rotatable bonds is 10. The fourth-order valence-electron chi connectivity index (χ4n) is 4.83. The molecule has 0 aromatic carbocycles. The summed E-state index contributed by atoms with van der Waals surface area (Å²) in [7, 11) is 1.70. The van der Waals surface area contributed by atoms with Crippen molar-refractivity contribution < 1.29 is 18.3 Å². The van der Waals surface area contributed by atoms with Crippen molar-refractivity contribution in [3.8, 4) is 17.2 Å². The van der Waals surface area contributed by atoms with Gasteiger partial charge in [-0.05, 0) is 50.7 Å². The van der Waals surface area contributed by atoms with Crippen LogP contribution in [0.2, 0.25) is 0 Å². The van der Waals surface area contributed by atoms with E-state index in [0.717, 1.165) is 32.2 Å².